The summed E-state index contributed by atoms with van der Waals surface area (Å²) in [4.78, 5) is 4.29. The van der Waals surface area contributed by atoms with E-state index < -0.39 is 0 Å². The molecule has 4 heteroatoms. The second-order valence-electron chi connectivity index (χ2n) is 3.29. The molecule has 2 aromatic rings. The minimum absolute atomic E-state index is 0.542. The zero-order valence-electron chi connectivity index (χ0n) is 8.91. The van der Waals surface area contributed by atoms with Gasteiger partial charge in [-0.3, -0.25) is 0 Å². The molecule has 80 valence electrons. The molecule has 0 saturated heterocycles. The molecule has 4 nitrogen and oxygen atoms in total. The lowest BCUT2D eigenvalue weighted by Crippen LogP contribution is -2.04. The molecular formula is C11H14N2O2. The van der Waals surface area contributed by atoms with Gasteiger partial charge in [0.2, 0.25) is 0 Å². The molecule has 0 unspecified atom stereocenters. The highest BCUT2D eigenvalue weighted by Crippen LogP contribution is 2.21. The van der Waals surface area contributed by atoms with Gasteiger partial charge in [-0.2, -0.15) is 0 Å². The molecule has 0 amide bonds. The van der Waals surface area contributed by atoms with Crippen LogP contribution < -0.4 is 5.32 Å². The molecule has 0 atom stereocenters. The second-order valence-corrected chi connectivity index (χ2v) is 3.29. The number of hydrogen-bond donors (Lipinski definition) is 1. The Morgan fingerprint density at radius 1 is 1.40 bits per heavy atom. The fraction of sp³-hybridized carbons (Fsp3) is 0.364. The van der Waals surface area contributed by atoms with Crippen LogP contribution in [-0.4, -0.2) is 12.0 Å². The minimum atomic E-state index is 0.542. The molecule has 1 N–H and O–H groups in total. The Morgan fingerprint density at radius 2 is 2.27 bits per heavy atom. The summed E-state index contributed by atoms with van der Waals surface area (Å²) in [5.74, 6) is 2.17. The number of aryl methyl sites for hydroxylation is 1. The van der Waals surface area contributed by atoms with Gasteiger partial charge in [-0.05, 0) is 19.2 Å². The zero-order valence-corrected chi connectivity index (χ0v) is 8.91. The van der Waals surface area contributed by atoms with Crippen molar-refractivity contribution >= 4 is 0 Å². The van der Waals surface area contributed by atoms with Gasteiger partial charge in [0.05, 0.1) is 5.69 Å². The summed E-state index contributed by atoms with van der Waals surface area (Å²) in [6.07, 6.45) is 2.52. The smallest absolute Gasteiger partial charge is 0.263 e. The number of rotatable bonds is 4. The maximum atomic E-state index is 5.53. The lowest BCUT2D eigenvalue weighted by molar-refractivity contribution is 0.490. The SMILES string of the molecule is CCc1ccc(-c2nc(CNC)co2)o1. The van der Waals surface area contributed by atoms with E-state index in [4.69, 9.17) is 8.83 Å². The van der Waals surface area contributed by atoms with Crippen molar-refractivity contribution in [1.82, 2.24) is 10.3 Å². The van der Waals surface area contributed by atoms with Gasteiger partial charge in [0.25, 0.3) is 5.89 Å². The largest absolute Gasteiger partial charge is 0.456 e. The standard InChI is InChI=1S/C11H14N2O2/c1-3-9-4-5-10(15-9)11-13-8(6-12-2)7-14-11/h4-5,7,12H,3,6H2,1-2H3. The quantitative estimate of drug-likeness (QED) is 0.833. The second kappa shape index (κ2) is 4.31. The molecular weight excluding hydrogens is 192 g/mol. The fourth-order valence-corrected chi connectivity index (χ4v) is 1.37. The normalized spacial score (nSPS) is 10.8. The van der Waals surface area contributed by atoms with Gasteiger partial charge >= 0.3 is 0 Å². The Morgan fingerprint density at radius 3 is 2.93 bits per heavy atom. The number of aromatic nitrogens is 1. The van der Waals surface area contributed by atoms with Crippen LogP contribution in [0.25, 0.3) is 11.7 Å². The first-order valence-corrected chi connectivity index (χ1v) is 5.01. The van der Waals surface area contributed by atoms with Gasteiger partial charge in [0.15, 0.2) is 5.76 Å². The van der Waals surface area contributed by atoms with Gasteiger partial charge in [0, 0.05) is 13.0 Å². The summed E-state index contributed by atoms with van der Waals surface area (Å²) in [5, 5.41) is 3.01. The predicted molar refractivity (Wildman–Crippen MR) is 56.3 cm³/mol. The molecule has 0 aliphatic carbocycles. The van der Waals surface area contributed by atoms with Crippen molar-refractivity contribution in [2.45, 2.75) is 19.9 Å². The van der Waals surface area contributed by atoms with Crippen molar-refractivity contribution in [2.24, 2.45) is 0 Å². The van der Waals surface area contributed by atoms with Crippen LogP contribution >= 0.6 is 0 Å². The first kappa shape index (κ1) is 9.98. The number of hydrogen-bond acceptors (Lipinski definition) is 4. The van der Waals surface area contributed by atoms with Crippen molar-refractivity contribution in [3.8, 4) is 11.7 Å². The average Bonchev–Trinajstić information content (AvgIpc) is 2.85. The maximum absolute atomic E-state index is 5.53. The van der Waals surface area contributed by atoms with E-state index in [-0.39, 0.29) is 0 Å². The van der Waals surface area contributed by atoms with Gasteiger partial charge in [-0.1, -0.05) is 6.92 Å². The Labute approximate surface area is 88.3 Å². The molecule has 0 saturated carbocycles. The monoisotopic (exact) mass is 206 g/mol. The van der Waals surface area contributed by atoms with Gasteiger partial charge in [-0.15, -0.1) is 0 Å². The van der Waals surface area contributed by atoms with Gasteiger partial charge in [0.1, 0.15) is 12.0 Å². The molecule has 0 spiro atoms. The summed E-state index contributed by atoms with van der Waals surface area (Å²) < 4.78 is 10.8. The molecule has 2 rings (SSSR count). The lowest BCUT2D eigenvalue weighted by atomic mass is 10.3. The number of furan rings is 1. The molecule has 0 aliphatic rings. The molecule has 0 aliphatic heterocycles. The summed E-state index contributed by atoms with van der Waals surface area (Å²) in [5.41, 5.74) is 0.877. The van der Waals surface area contributed by atoms with E-state index in [0.29, 0.717) is 18.2 Å². The lowest BCUT2D eigenvalue weighted by Gasteiger charge is -1.90. The molecule has 2 aromatic heterocycles. The molecule has 0 aromatic carbocycles. The van der Waals surface area contributed by atoms with Crippen LogP contribution in [0, 0.1) is 0 Å². The van der Waals surface area contributed by atoms with E-state index in [0.717, 1.165) is 17.9 Å². The van der Waals surface area contributed by atoms with E-state index in [1.165, 1.54) is 0 Å². The number of oxazole rings is 1. The molecule has 15 heavy (non-hydrogen) atoms. The summed E-state index contributed by atoms with van der Waals surface area (Å²) in [6, 6.07) is 3.82. The van der Waals surface area contributed by atoms with E-state index in [1.807, 2.05) is 26.1 Å². The summed E-state index contributed by atoms with van der Waals surface area (Å²) in [6.45, 7) is 2.75. The van der Waals surface area contributed by atoms with Crippen LogP contribution in [0.5, 0.6) is 0 Å². The Balaban J connectivity index is 2.21. The molecule has 0 bridgehead atoms. The highest BCUT2D eigenvalue weighted by molar-refractivity contribution is 5.44. The van der Waals surface area contributed by atoms with Crippen LogP contribution in [0.15, 0.2) is 27.2 Å². The Bertz CT molecular complexity index is 431. The maximum Gasteiger partial charge on any atom is 0.263 e. The third kappa shape index (κ3) is 2.10. The third-order valence-corrected chi connectivity index (χ3v) is 2.13. The predicted octanol–water partition coefficient (Wildman–Crippen LogP) is 2.22. The van der Waals surface area contributed by atoms with Crippen molar-refractivity contribution in [3.63, 3.8) is 0 Å². The number of nitrogens with one attached hydrogen (secondary N) is 1. The summed E-state index contributed by atoms with van der Waals surface area (Å²) in [7, 11) is 1.87. The highest BCUT2D eigenvalue weighted by atomic mass is 16.4. The van der Waals surface area contributed by atoms with E-state index in [9.17, 15) is 0 Å². The first-order chi connectivity index (χ1) is 7.33. The van der Waals surface area contributed by atoms with E-state index in [1.54, 1.807) is 6.26 Å². The molecule has 0 radical (unpaired) electrons. The van der Waals surface area contributed by atoms with Crippen LogP contribution in [0.3, 0.4) is 0 Å². The first-order valence-electron chi connectivity index (χ1n) is 5.01. The van der Waals surface area contributed by atoms with Crippen LogP contribution in [0.2, 0.25) is 0 Å². The van der Waals surface area contributed by atoms with Crippen molar-refractivity contribution in [1.29, 1.82) is 0 Å². The van der Waals surface area contributed by atoms with Crippen LogP contribution in [0.1, 0.15) is 18.4 Å². The van der Waals surface area contributed by atoms with E-state index in [2.05, 4.69) is 10.3 Å². The van der Waals surface area contributed by atoms with E-state index >= 15 is 0 Å². The Hall–Kier alpha value is -1.55. The van der Waals surface area contributed by atoms with Crippen LogP contribution in [-0.2, 0) is 13.0 Å². The average molecular weight is 206 g/mol. The van der Waals surface area contributed by atoms with Crippen molar-refractivity contribution in [3.05, 3.63) is 29.9 Å². The third-order valence-electron chi connectivity index (χ3n) is 2.13. The highest BCUT2D eigenvalue weighted by Gasteiger charge is 2.10. The minimum Gasteiger partial charge on any atom is -0.456 e. The van der Waals surface area contributed by atoms with Crippen LogP contribution in [0.4, 0.5) is 0 Å². The zero-order chi connectivity index (χ0) is 10.7. The van der Waals surface area contributed by atoms with Crippen molar-refractivity contribution < 1.29 is 8.83 Å². The number of nitrogens with zero attached hydrogens (tertiary/aromatic N) is 1. The van der Waals surface area contributed by atoms with Gasteiger partial charge in [-0.25, -0.2) is 4.98 Å². The Kier molecular flexibility index (Phi) is 2.87. The van der Waals surface area contributed by atoms with Gasteiger partial charge < -0.3 is 14.2 Å². The van der Waals surface area contributed by atoms with Crippen molar-refractivity contribution in [2.75, 3.05) is 7.05 Å². The fourth-order valence-electron chi connectivity index (χ4n) is 1.37. The molecule has 0 fully saturated rings. The molecule has 2 heterocycles. The summed E-state index contributed by atoms with van der Waals surface area (Å²) >= 11 is 0. The topological polar surface area (TPSA) is 51.2 Å².